The summed E-state index contributed by atoms with van der Waals surface area (Å²) in [5.41, 5.74) is 0.125. The molecule has 1 aromatic carbocycles. The van der Waals surface area contributed by atoms with Gasteiger partial charge >= 0.3 is 0 Å². The molecule has 0 saturated carbocycles. The maximum atomic E-state index is 12.0. The average molecular weight is 368 g/mol. The normalized spacial score (nSPS) is 39.2. The van der Waals surface area contributed by atoms with E-state index in [9.17, 15) is 13.5 Å². The summed E-state index contributed by atoms with van der Waals surface area (Å²) < 4.78 is 31.8. The molecule has 2 aliphatic heterocycles. The zero-order chi connectivity index (χ0) is 18.5. The number of rotatable bonds is 3. The van der Waals surface area contributed by atoms with Gasteiger partial charge in [-0.3, -0.25) is 0 Å². The molecule has 6 heteroatoms. The predicted octanol–water partition coefficient (Wildman–Crippen LogP) is 2.51. The zero-order valence-corrected chi connectivity index (χ0v) is 16.3. The monoisotopic (exact) mass is 367 g/mol. The lowest BCUT2D eigenvalue weighted by atomic mass is 9.74. The highest BCUT2D eigenvalue weighted by atomic mass is 32.2. The maximum absolute atomic E-state index is 12.0. The summed E-state index contributed by atoms with van der Waals surface area (Å²) in [5.74, 6) is 0.293. The minimum Gasteiger partial charge on any atom is -0.388 e. The number of aliphatic hydroxyl groups excluding tert-OH is 1. The third kappa shape index (κ3) is 3.63. The van der Waals surface area contributed by atoms with Gasteiger partial charge in [-0.15, -0.1) is 0 Å². The topological polar surface area (TPSA) is 66.8 Å². The van der Waals surface area contributed by atoms with E-state index in [2.05, 4.69) is 19.1 Å². The summed E-state index contributed by atoms with van der Waals surface area (Å²) in [6, 6.07) is 9.87. The highest BCUT2D eigenvalue weighted by Crippen LogP contribution is 2.50. The highest BCUT2D eigenvalue weighted by molar-refractivity contribution is 7.88. The number of nitrogens with zero attached hydrogens (tertiary/aromatic N) is 1. The summed E-state index contributed by atoms with van der Waals surface area (Å²) >= 11 is 0. The minimum atomic E-state index is -3.37. The van der Waals surface area contributed by atoms with E-state index in [0.29, 0.717) is 18.8 Å². The molecule has 5 atom stereocenters. The average Bonchev–Trinajstić information content (AvgIpc) is 2.59. The van der Waals surface area contributed by atoms with E-state index in [-0.39, 0.29) is 5.60 Å². The van der Waals surface area contributed by atoms with Gasteiger partial charge in [-0.2, -0.15) is 4.31 Å². The molecule has 0 amide bonds. The minimum absolute atomic E-state index is 0.293. The van der Waals surface area contributed by atoms with Crippen LogP contribution in [0.2, 0.25) is 0 Å². The van der Waals surface area contributed by atoms with Gasteiger partial charge in [0.25, 0.3) is 0 Å². The first-order valence-corrected chi connectivity index (χ1v) is 10.8. The number of hydrogen-bond acceptors (Lipinski definition) is 4. The van der Waals surface area contributed by atoms with Gasteiger partial charge in [0.1, 0.15) is 0 Å². The van der Waals surface area contributed by atoms with Crippen molar-refractivity contribution in [1.29, 1.82) is 0 Å². The van der Waals surface area contributed by atoms with Crippen molar-refractivity contribution < 1.29 is 18.3 Å². The van der Waals surface area contributed by atoms with E-state index >= 15 is 0 Å². The Labute approximate surface area is 151 Å². The third-order valence-corrected chi connectivity index (χ3v) is 7.35. The number of hydrogen-bond donors (Lipinski definition) is 1. The molecular formula is C19H29NO4S. The molecule has 2 bridgehead atoms. The molecule has 2 saturated heterocycles. The van der Waals surface area contributed by atoms with Gasteiger partial charge in [-0.25, -0.2) is 8.42 Å². The van der Waals surface area contributed by atoms with Gasteiger partial charge in [0.2, 0.25) is 10.0 Å². The maximum Gasteiger partial charge on any atom is 0.211 e. The van der Waals surface area contributed by atoms with Gasteiger partial charge < -0.3 is 9.84 Å². The van der Waals surface area contributed by atoms with Crippen LogP contribution in [0.3, 0.4) is 0 Å². The predicted molar refractivity (Wildman–Crippen MR) is 97.9 cm³/mol. The number of likely N-dealkylation sites (N-methyl/N-ethyl adjacent to an activating group) is 1. The van der Waals surface area contributed by atoms with Crippen molar-refractivity contribution in [2.24, 2.45) is 0 Å². The molecule has 5 nitrogen and oxygen atoms in total. The van der Waals surface area contributed by atoms with Crippen molar-refractivity contribution in [1.82, 2.24) is 4.31 Å². The van der Waals surface area contributed by atoms with E-state index in [1.54, 1.807) is 7.05 Å². The summed E-state index contributed by atoms with van der Waals surface area (Å²) in [6.45, 7) is 4.02. The van der Waals surface area contributed by atoms with E-state index < -0.39 is 27.8 Å². The Morgan fingerprint density at radius 2 is 1.84 bits per heavy atom. The van der Waals surface area contributed by atoms with Crippen molar-refractivity contribution in [3.05, 3.63) is 35.9 Å². The molecule has 0 unspecified atom stereocenters. The molecule has 140 valence electrons. The van der Waals surface area contributed by atoms with E-state index in [1.165, 1.54) is 16.1 Å². The Hall–Kier alpha value is -0.950. The quantitative estimate of drug-likeness (QED) is 0.891. The largest absolute Gasteiger partial charge is 0.388 e. The lowest BCUT2D eigenvalue weighted by Gasteiger charge is -2.49. The fourth-order valence-electron chi connectivity index (χ4n) is 4.67. The third-order valence-electron chi connectivity index (χ3n) is 6.03. The SMILES string of the molecule is CN([C@H]1CC[C@@]2(C)C[C@H](c3ccccc3)C[C@](C)(O2)[C@@H]1O)S(C)(=O)=O. The molecule has 0 spiro atoms. The van der Waals surface area contributed by atoms with Gasteiger partial charge in [-0.1, -0.05) is 30.3 Å². The Balaban J connectivity index is 1.96. The van der Waals surface area contributed by atoms with Gasteiger partial charge in [-0.05, 0) is 51.0 Å². The van der Waals surface area contributed by atoms with Crippen molar-refractivity contribution in [3.8, 4) is 0 Å². The van der Waals surface area contributed by atoms with Crippen LogP contribution in [-0.2, 0) is 14.8 Å². The second kappa shape index (κ2) is 6.34. The van der Waals surface area contributed by atoms with Crippen LogP contribution in [0.5, 0.6) is 0 Å². The molecule has 25 heavy (non-hydrogen) atoms. The van der Waals surface area contributed by atoms with E-state index in [0.717, 1.165) is 12.8 Å². The molecular weight excluding hydrogens is 338 g/mol. The molecule has 0 radical (unpaired) electrons. The fourth-order valence-corrected chi connectivity index (χ4v) is 5.38. The Morgan fingerprint density at radius 3 is 2.44 bits per heavy atom. The number of fused-ring (bicyclic) bond motifs is 2. The van der Waals surface area contributed by atoms with E-state index in [4.69, 9.17) is 4.74 Å². The Morgan fingerprint density at radius 1 is 1.20 bits per heavy atom. The second-order valence-electron chi connectivity index (χ2n) is 8.21. The van der Waals surface area contributed by atoms with Crippen LogP contribution < -0.4 is 0 Å². The van der Waals surface area contributed by atoms with Crippen LogP contribution >= 0.6 is 0 Å². The molecule has 3 rings (SSSR count). The summed E-state index contributed by atoms with van der Waals surface area (Å²) in [7, 11) is -1.82. The standard InChI is InChI=1S/C19H29NO4S/c1-18-11-10-16(20(3)25(4,22)23)17(21)19(2,24-18)13-15(12-18)14-8-6-5-7-9-14/h5-9,15-17,21H,10-13H2,1-4H3/t15-,16-,17+,18-,19-/m0/s1. The number of ether oxygens (including phenoxy) is 1. The van der Waals surface area contributed by atoms with Crippen molar-refractivity contribution >= 4 is 10.0 Å². The lowest BCUT2D eigenvalue weighted by Crippen LogP contribution is -2.57. The molecule has 0 aliphatic carbocycles. The summed E-state index contributed by atoms with van der Waals surface area (Å²) in [6.07, 6.45) is 3.22. The highest BCUT2D eigenvalue weighted by Gasteiger charge is 2.54. The summed E-state index contributed by atoms with van der Waals surface area (Å²) in [5, 5.41) is 11.1. The molecule has 1 aromatic rings. The fraction of sp³-hybridized carbons (Fsp3) is 0.684. The van der Waals surface area contributed by atoms with Crippen LogP contribution in [-0.4, -0.2) is 54.5 Å². The molecule has 1 N–H and O–H groups in total. The van der Waals surface area contributed by atoms with E-state index in [1.807, 2.05) is 25.1 Å². The van der Waals surface area contributed by atoms with Crippen LogP contribution in [0.15, 0.2) is 30.3 Å². The van der Waals surface area contributed by atoms with Gasteiger partial charge in [0.05, 0.1) is 29.6 Å². The van der Waals surface area contributed by atoms with Gasteiger partial charge in [0, 0.05) is 7.05 Å². The molecule has 0 aromatic heterocycles. The zero-order valence-electron chi connectivity index (χ0n) is 15.5. The first kappa shape index (κ1) is 18.8. The molecule has 2 fully saturated rings. The molecule has 2 heterocycles. The van der Waals surface area contributed by atoms with Gasteiger partial charge in [0.15, 0.2) is 0 Å². The van der Waals surface area contributed by atoms with Crippen molar-refractivity contribution in [2.75, 3.05) is 13.3 Å². The Kier molecular flexibility index (Phi) is 4.77. The first-order chi connectivity index (χ1) is 11.5. The summed E-state index contributed by atoms with van der Waals surface area (Å²) in [4.78, 5) is 0. The second-order valence-corrected chi connectivity index (χ2v) is 10.3. The van der Waals surface area contributed by atoms with Crippen LogP contribution in [0, 0.1) is 0 Å². The van der Waals surface area contributed by atoms with Crippen LogP contribution in [0.25, 0.3) is 0 Å². The number of benzene rings is 1. The Bertz CT molecular complexity index is 722. The van der Waals surface area contributed by atoms with Crippen molar-refractivity contribution in [2.45, 2.75) is 68.8 Å². The van der Waals surface area contributed by atoms with Crippen LogP contribution in [0.4, 0.5) is 0 Å². The number of sulfonamides is 1. The lowest BCUT2D eigenvalue weighted by molar-refractivity contribution is -0.214. The number of aliphatic hydroxyl groups is 1. The smallest absolute Gasteiger partial charge is 0.211 e. The first-order valence-electron chi connectivity index (χ1n) is 8.90. The van der Waals surface area contributed by atoms with Crippen LogP contribution in [0.1, 0.15) is 51.0 Å². The van der Waals surface area contributed by atoms with Crippen molar-refractivity contribution in [3.63, 3.8) is 0 Å². The molecule has 2 aliphatic rings.